The Kier molecular flexibility index (Phi) is 12.0. The fraction of sp³-hybridized carbons (Fsp3) is 0.333. The quantitative estimate of drug-likeness (QED) is 0.159. The average Bonchev–Trinajstić information content (AvgIpc) is 3.10. The summed E-state index contributed by atoms with van der Waals surface area (Å²) in [7, 11) is -2.65. The van der Waals surface area contributed by atoms with E-state index in [-0.39, 0.29) is 29.8 Å². The smallest absolute Gasteiger partial charge is 0.264 e. The number of carbonyl (C=O) groups is 2. The molecule has 1 aliphatic rings. The fourth-order valence-corrected chi connectivity index (χ4v) is 8.02. The summed E-state index contributed by atoms with van der Waals surface area (Å²) in [5.41, 5.74) is 3.44. The van der Waals surface area contributed by atoms with Crippen LogP contribution >= 0.6 is 11.6 Å². The maximum absolute atomic E-state index is 14.8. The van der Waals surface area contributed by atoms with Crippen LogP contribution in [0.15, 0.2) is 102 Å². The van der Waals surface area contributed by atoms with Crippen LogP contribution in [0.3, 0.4) is 0 Å². The molecule has 1 N–H and O–H groups in total. The van der Waals surface area contributed by atoms with Crippen LogP contribution in [0.2, 0.25) is 5.02 Å². The molecule has 0 aromatic heterocycles. The van der Waals surface area contributed by atoms with Crippen molar-refractivity contribution in [1.29, 1.82) is 0 Å². The van der Waals surface area contributed by atoms with Crippen LogP contribution in [-0.4, -0.2) is 50.9 Å². The minimum absolute atomic E-state index is 0.0171. The van der Waals surface area contributed by atoms with Gasteiger partial charge >= 0.3 is 0 Å². The Hall–Kier alpha value is -4.34. The van der Waals surface area contributed by atoms with Crippen LogP contribution in [0.1, 0.15) is 54.4 Å². The Balaban J connectivity index is 1.59. The Morgan fingerprint density at radius 1 is 0.878 bits per heavy atom. The summed E-state index contributed by atoms with van der Waals surface area (Å²) >= 11 is 6.28. The van der Waals surface area contributed by atoms with Gasteiger partial charge in [-0.2, -0.15) is 0 Å². The molecule has 0 spiro atoms. The number of methoxy groups -OCH3 is 1. The number of nitrogens with one attached hydrogen (secondary N) is 1. The first kappa shape index (κ1) is 36.0. The summed E-state index contributed by atoms with van der Waals surface area (Å²) in [6.07, 6.45) is 5.22. The second kappa shape index (κ2) is 16.4. The zero-order chi connectivity index (χ0) is 35.0. The van der Waals surface area contributed by atoms with Gasteiger partial charge in [0.2, 0.25) is 11.8 Å². The van der Waals surface area contributed by atoms with E-state index in [1.807, 2.05) is 61.5 Å². The molecule has 1 aliphatic carbocycles. The van der Waals surface area contributed by atoms with Gasteiger partial charge in [0.25, 0.3) is 10.0 Å². The molecule has 0 heterocycles. The van der Waals surface area contributed by atoms with Crippen molar-refractivity contribution < 1.29 is 22.7 Å². The molecule has 1 fully saturated rings. The Morgan fingerprint density at radius 3 is 2.24 bits per heavy atom. The molecule has 10 heteroatoms. The van der Waals surface area contributed by atoms with E-state index in [0.29, 0.717) is 22.0 Å². The maximum atomic E-state index is 14.8. The van der Waals surface area contributed by atoms with Crippen molar-refractivity contribution in [3.05, 3.63) is 124 Å². The molecule has 0 aliphatic heterocycles. The second-order valence-corrected chi connectivity index (χ2v) is 15.0. The van der Waals surface area contributed by atoms with Crippen LogP contribution in [0.4, 0.5) is 5.69 Å². The van der Waals surface area contributed by atoms with Crippen LogP contribution in [0.25, 0.3) is 0 Å². The first-order valence-corrected chi connectivity index (χ1v) is 18.5. The molecule has 5 rings (SSSR count). The number of halogens is 1. The third-order valence-electron chi connectivity index (χ3n) is 9.03. The van der Waals surface area contributed by atoms with Crippen molar-refractivity contribution in [1.82, 2.24) is 10.2 Å². The van der Waals surface area contributed by atoms with E-state index in [2.05, 4.69) is 5.32 Å². The van der Waals surface area contributed by atoms with Gasteiger partial charge in [0.05, 0.1) is 17.7 Å². The number of amides is 2. The number of aryl methyl sites for hydroxylation is 2. The zero-order valence-corrected chi connectivity index (χ0v) is 29.8. The SMILES string of the molecule is COc1cccc(CN(C(=O)CN(c2ccc(Cl)cc2C)S(=O)(=O)c2ccc(C)cc2)C(Cc2ccccc2)C(=O)NC2CCCCC2)c1. The van der Waals surface area contributed by atoms with Gasteiger partial charge in [0.1, 0.15) is 18.3 Å². The van der Waals surface area contributed by atoms with E-state index in [1.54, 1.807) is 44.4 Å². The minimum atomic E-state index is -4.22. The largest absolute Gasteiger partial charge is 0.497 e. The molecule has 258 valence electrons. The van der Waals surface area contributed by atoms with E-state index in [4.69, 9.17) is 16.3 Å². The summed E-state index contributed by atoms with van der Waals surface area (Å²) in [5, 5.41) is 3.69. The van der Waals surface area contributed by atoms with Crippen molar-refractivity contribution in [3.63, 3.8) is 0 Å². The number of sulfonamides is 1. The van der Waals surface area contributed by atoms with Crippen LogP contribution in [-0.2, 0) is 32.6 Å². The molecule has 8 nitrogen and oxygen atoms in total. The monoisotopic (exact) mass is 701 g/mol. The van der Waals surface area contributed by atoms with E-state index in [0.717, 1.165) is 53.1 Å². The number of hydrogen-bond acceptors (Lipinski definition) is 5. The third-order valence-corrected chi connectivity index (χ3v) is 11.0. The van der Waals surface area contributed by atoms with Gasteiger partial charge in [-0.15, -0.1) is 0 Å². The lowest BCUT2D eigenvalue weighted by Crippen LogP contribution is -2.55. The highest BCUT2D eigenvalue weighted by molar-refractivity contribution is 7.92. The van der Waals surface area contributed by atoms with Gasteiger partial charge in [-0.05, 0) is 85.8 Å². The van der Waals surface area contributed by atoms with Gasteiger partial charge in [-0.3, -0.25) is 13.9 Å². The molecular weight excluding hydrogens is 658 g/mol. The zero-order valence-electron chi connectivity index (χ0n) is 28.3. The standard InChI is InChI=1S/C39H44ClN3O5S/c1-28-17-20-35(21-18-28)49(46,47)43(36-22-19-32(40)23-29(36)2)27-38(44)42(26-31-13-10-16-34(24-31)48-3)37(25-30-11-6-4-7-12-30)39(45)41-33-14-8-5-9-15-33/h4,6-7,10-13,16-24,33,37H,5,8-9,14-15,25-27H2,1-3H3,(H,41,45). The topological polar surface area (TPSA) is 96.0 Å². The summed E-state index contributed by atoms with van der Waals surface area (Å²) in [6.45, 7) is 3.16. The fourth-order valence-electron chi connectivity index (χ4n) is 6.32. The molecule has 0 bridgehead atoms. The number of ether oxygens (including phenoxy) is 1. The summed E-state index contributed by atoms with van der Waals surface area (Å²) in [4.78, 5) is 30.7. The molecule has 1 atom stereocenters. The van der Waals surface area contributed by atoms with E-state index >= 15 is 0 Å². The Labute approximate surface area is 295 Å². The highest BCUT2D eigenvalue weighted by Gasteiger charge is 2.36. The summed E-state index contributed by atoms with van der Waals surface area (Å²) in [5.74, 6) is -0.174. The molecular formula is C39H44ClN3O5S. The second-order valence-electron chi connectivity index (χ2n) is 12.7. The van der Waals surface area contributed by atoms with E-state index < -0.39 is 28.5 Å². The molecule has 0 radical (unpaired) electrons. The third kappa shape index (κ3) is 9.22. The van der Waals surface area contributed by atoms with Crippen LogP contribution in [0, 0.1) is 13.8 Å². The number of hydrogen-bond donors (Lipinski definition) is 1. The van der Waals surface area contributed by atoms with Crippen molar-refractivity contribution in [2.24, 2.45) is 0 Å². The number of anilines is 1. The van der Waals surface area contributed by atoms with Crippen LogP contribution in [0.5, 0.6) is 5.75 Å². The number of benzene rings is 4. The highest BCUT2D eigenvalue weighted by Crippen LogP contribution is 2.30. The van der Waals surface area contributed by atoms with Gasteiger partial charge in [0.15, 0.2) is 0 Å². The molecule has 4 aromatic carbocycles. The molecule has 49 heavy (non-hydrogen) atoms. The van der Waals surface area contributed by atoms with Crippen LogP contribution < -0.4 is 14.4 Å². The lowest BCUT2D eigenvalue weighted by atomic mass is 9.94. The normalized spacial score (nSPS) is 14.1. The maximum Gasteiger partial charge on any atom is 0.264 e. The first-order valence-electron chi connectivity index (χ1n) is 16.7. The number of carbonyl (C=O) groups excluding carboxylic acids is 2. The first-order chi connectivity index (χ1) is 23.5. The molecule has 1 unspecified atom stereocenters. The van der Waals surface area contributed by atoms with Gasteiger partial charge < -0.3 is 15.0 Å². The number of rotatable bonds is 13. The predicted molar refractivity (Wildman–Crippen MR) is 194 cm³/mol. The predicted octanol–water partition coefficient (Wildman–Crippen LogP) is 7.25. The molecule has 0 saturated heterocycles. The summed E-state index contributed by atoms with van der Waals surface area (Å²) in [6, 6.07) is 27.4. The number of nitrogens with zero attached hydrogens (tertiary/aromatic N) is 2. The van der Waals surface area contributed by atoms with Crippen molar-refractivity contribution in [2.75, 3.05) is 18.0 Å². The van der Waals surface area contributed by atoms with Gasteiger partial charge in [-0.25, -0.2) is 8.42 Å². The Morgan fingerprint density at radius 2 is 1.57 bits per heavy atom. The lowest BCUT2D eigenvalue weighted by molar-refractivity contribution is -0.140. The van der Waals surface area contributed by atoms with Gasteiger partial charge in [-0.1, -0.05) is 91.0 Å². The van der Waals surface area contributed by atoms with Crippen molar-refractivity contribution in [3.8, 4) is 5.75 Å². The van der Waals surface area contributed by atoms with E-state index in [9.17, 15) is 18.0 Å². The van der Waals surface area contributed by atoms with Crippen molar-refractivity contribution in [2.45, 2.75) is 75.9 Å². The summed E-state index contributed by atoms with van der Waals surface area (Å²) < 4.78 is 35.3. The molecule has 1 saturated carbocycles. The Bertz CT molecular complexity index is 1840. The highest BCUT2D eigenvalue weighted by atomic mass is 35.5. The molecule has 4 aromatic rings. The molecule has 2 amide bonds. The lowest BCUT2D eigenvalue weighted by Gasteiger charge is -2.35. The van der Waals surface area contributed by atoms with Crippen molar-refractivity contribution >= 4 is 39.1 Å². The minimum Gasteiger partial charge on any atom is -0.497 e. The van der Waals surface area contributed by atoms with Gasteiger partial charge in [0, 0.05) is 24.0 Å². The van der Waals surface area contributed by atoms with E-state index in [1.165, 1.54) is 17.0 Å². The average molecular weight is 702 g/mol.